The lowest BCUT2D eigenvalue weighted by molar-refractivity contribution is -0.116. The van der Waals surface area contributed by atoms with Crippen molar-refractivity contribution in [3.05, 3.63) is 118 Å². The molecule has 1 aliphatic heterocycles. The van der Waals surface area contributed by atoms with E-state index < -0.39 is 22.5 Å². The molecule has 0 bridgehead atoms. The van der Waals surface area contributed by atoms with Gasteiger partial charge >= 0.3 is 0 Å². The molecule has 0 fully saturated rings. The fraction of sp³-hybridized carbons (Fsp3) is 0.161. The van der Waals surface area contributed by atoms with Crippen molar-refractivity contribution in [3.8, 4) is 5.75 Å². The number of sulfonamides is 1. The molecular weight excluding hydrogens is 597 g/mol. The van der Waals surface area contributed by atoms with Gasteiger partial charge in [-0.3, -0.25) is 9.59 Å². The van der Waals surface area contributed by atoms with Gasteiger partial charge in [-0.25, -0.2) is 8.42 Å². The molecule has 4 aromatic rings. The van der Waals surface area contributed by atoms with Gasteiger partial charge in [0.25, 0.3) is 5.91 Å². The lowest BCUT2D eigenvalue weighted by Crippen LogP contribution is -2.37. The average Bonchev–Trinajstić information content (AvgIpc) is 3.41. The van der Waals surface area contributed by atoms with Gasteiger partial charge in [0.1, 0.15) is 10.6 Å². The molecule has 0 atom stereocenters. The van der Waals surface area contributed by atoms with Crippen molar-refractivity contribution in [2.45, 2.75) is 17.9 Å². The van der Waals surface area contributed by atoms with Gasteiger partial charge in [-0.2, -0.15) is 4.31 Å². The molecule has 0 aliphatic carbocycles. The first kappa shape index (κ1) is 29.6. The molecule has 42 heavy (non-hydrogen) atoms. The van der Waals surface area contributed by atoms with Crippen LogP contribution in [0.2, 0.25) is 10.0 Å². The van der Waals surface area contributed by atoms with Crippen LogP contribution in [-0.4, -0.2) is 44.7 Å². The van der Waals surface area contributed by atoms with E-state index in [-0.39, 0.29) is 27.4 Å². The Bertz CT molecular complexity index is 1730. The van der Waals surface area contributed by atoms with E-state index in [4.69, 9.17) is 27.9 Å². The maximum Gasteiger partial charge on any atom is 0.258 e. The summed E-state index contributed by atoms with van der Waals surface area (Å²) in [6.07, 6.45) is 0.676. The van der Waals surface area contributed by atoms with Crippen molar-refractivity contribution < 1.29 is 22.7 Å². The summed E-state index contributed by atoms with van der Waals surface area (Å²) in [6.45, 7) is -0.0412. The molecule has 0 saturated heterocycles. The van der Waals surface area contributed by atoms with Gasteiger partial charge in [0, 0.05) is 35.1 Å². The third kappa shape index (κ3) is 6.44. The number of nitrogens with zero attached hydrogens (tertiary/aromatic N) is 2. The Kier molecular flexibility index (Phi) is 8.84. The van der Waals surface area contributed by atoms with Gasteiger partial charge in [0.15, 0.2) is 0 Å². The number of carbonyl (C=O) groups excluding carboxylic acids is 2. The van der Waals surface area contributed by atoms with E-state index >= 15 is 0 Å². The summed E-state index contributed by atoms with van der Waals surface area (Å²) in [5.74, 6) is -0.0728. The minimum Gasteiger partial charge on any atom is -0.497 e. The van der Waals surface area contributed by atoms with Crippen LogP contribution in [0.5, 0.6) is 5.75 Å². The van der Waals surface area contributed by atoms with E-state index in [1.54, 1.807) is 72.7 Å². The lowest BCUT2D eigenvalue weighted by atomic mass is 10.1. The number of ether oxygens (including phenoxy) is 1. The Morgan fingerprint density at radius 1 is 0.952 bits per heavy atom. The number of amides is 2. The number of methoxy groups -OCH3 is 1. The van der Waals surface area contributed by atoms with E-state index in [0.29, 0.717) is 41.2 Å². The van der Waals surface area contributed by atoms with Crippen LogP contribution < -0.4 is 15.0 Å². The molecule has 4 aromatic carbocycles. The molecular formula is C31H27Cl2N3O5S. The second-order valence-electron chi connectivity index (χ2n) is 9.66. The fourth-order valence-corrected chi connectivity index (χ4v) is 6.87. The minimum absolute atomic E-state index is 0.00175. The third-order valence-electron chi connectivity index (χ3n) is 6.88. The predicted molar refractivity (Wildman–Crippen MR) is 164 cm³/mol. The number of hydrogen-bond donors (Lipinski definition) is 1. The first-order valence-corrected chi connectivity index (χ1v) is 15.2. The molecule has 0 aromatic heterocycles. The van der Waals surface area contributed by atoms with Crippen molar-refractivity contribution in [2.75, 3.05) is 30.4 Å². The summed E-state index contributed by atoms with van der Waals surface area (Å²) in [5, 5.41) is 2.99. The number of nitrogens with one attached hydrogen (secondary N) is 1. The van der Waals surface area contributed by atoms with Gasteiger partial charge in [0.05, 0.1) is 18.7 Å². The molecule has 11 heteroatoms. The Morgan fingerprint density at radius 2 is 1.69 bits per heavy atom. The SMILES string of the molecule is COc1ccc(C(=O)N2CCc3ccc(NC(=O)CN(Cc4ccccc4)S(=O)(=O)c4cc(Cl)ccc4Cl)cc32)cc1. The number of halogens is 2. The van der Waals surface area contributed by atoms with E-state index in [2.05, 4.69) is 5.32 Å². The largest absolute Gasteiger partial charge is 0.497 e. The monoisotopic (exact) mass is 623 g/mol. The summed E-state index contributed by atoms with van der Waals surface area (Å²) in [7, 11) is -2.65. The highest BCUT2D eigenvalue weighted by Crippen LogP contribution is 2.33. The normalized spacial score (nSPS) is 12.7. The molecule has 2 amide bonds. The maximum atomic E-state index is 13.7. The second kappa shape index (κ2) is 12.5. The molecule has 0 radical (unpaired) electrons. The van der Waals surface area contributed by atoms with Crippen LogP contribution >= 0.6 is 23.2 Å². The number of anilines is 2. The Morgan fingerprint density at radius 3 is 2.40 bits per heavy atom. The molecule has 1 aliphatic rings. The van der Waals surface area contributed by atoms with Crippen LogP contribution in [0.1, 0.15) is 21.5 Å². The van der Waals surface area contributed by atoms with Gasteiger partial charge in [0.2, 0.25) is 15.9 Å². The van der Waals surface area contributed by atoms with E-state index in [1.807, 2.05) is 12.1 Å². The minimum atomic E-state index is -4.21. The van der Waals surface area contributed by atoms with Crippen LogP contribution in [-0.2, 0) is 27.8 Å². The summed E-state index contributed by atoms with van der Waals surface area (Å²) < 4.78 is 33.6. The van der Waals surface area contributed by atoms with Crippen molar-refractivity contribution >= 4 is 56.4 Å². The Hall–Kier alpha value is -3.89. The lowest BCUT2D eigenvalue weighted by Gasteiger charge is -2.23. The third-order valence-corrected chi connectivity index (χ3v) is 9.39. The first-order valence-electron chi connectivity index (χ1n) is 13.0. The highest BCUT2D eigenvalue weighted by Gasteiger charge is 2.30. The zero-order valence-electron chi connectivity index (χ0n) is 22.6. The molecule has 0 unspecified atom stereocenters. The topological polar surface area (TPSA) is 96.0 Å². The van der Waals surface area contributed by atoms with Crippen molar-refractivity contribution in [1.82, 2.24) is 4.31 Å². The van der Waals surface area contributed by atoms with E-state index in [0.717, 1.165) is 9.87 Å². The van der Waals surface area contributed by atoms with Crippen LogP contribution in [0.15, 0.2) is 95.9 Å². The zero-order valence-corrected chi connectivity index (χ0v) is 24.9. The van der Waals surface area contributed by atoms with Gasteiger partial charge in [-0.05, 0) is 72.1 Å². The standard InChI is InChI=1S/C31H27Cl2N3O5S/c1-41-26-12-8-23(9-13-26)31(38)36-16-15-22-7-11-25(18-28(22)36)34-30(37)20-35(19-21-5-3-2-4-6-21)42(39,40)29-17-24(32)10-14-27(29)33/h2-14,17-18H,15-16,19-20H2,1H3,(H,34,37). The highest BCUT2D eigenvalue weighted by molar-refractivity contribution is 7.89. The van der Waals surface area contributed by atoms with Crippen LogP contribution in [0, 0.1) is 0 Å². The molecule has 8 nitrogen and oxygen atoms in total. The number of carbonyl (C=O) groups is 2. The van der Waals surface area contributed by atoms with Crippen molar-refractivity contribution in [1.29, 1.82) is 0 Å². The highest BCUT2D eigenvalue weighted by atomic mass is 35.5. The smallest absolute Gasteiger partial charge is 0.258 e. The van der Waals surface area contributed by atoms with Gasteiger partial charge in [-0.15, -0.1) is 0 Å². The quantitative estimate of drug-likeness (QED) is 0.245. The number of fused-ring (bicyclic) bond motifs is 1. The Balaban J connectivity index is 1.37. The predicted octanol–water partition coefficient (Wildman–Crippen LogP) is 6.03. The maximum absolute atomic E-state index is 13.7. The summed E-state index contributed by atoms with van der Waals surface area (Å²) in [4.78, 5) is 28.0. The average molecular weight is 625 g/mol. The molecule has 1 heterocycles. The van der Waals surface area contributed by atoms with Gasteiger partial charge < -0.3 is 15.0 Å². The van der Waals surface area contributed by atoms with E-state index in [9.17, 15) is 18.0 Å². The van der Waals surface area contributed by atoms with Crippen molar-refractivity contribution in [3.63, 3.8) is 0 Å². The number of rotatable bonds is 9. The fourth-order valence-electron chi connectivity index (χ4n) is 4.74. The number of hydrogen-bond acceptors (Lipinski definition) is 5. The van der Waals surface area contributed by atoms with Crippen LogP contribution in [0.3, 0.4) is 0 Å². The summed E-state index contributed by atoms with van der Waals surface area (Å²) in [5.41, 5.74) is 3.30. The first-order chi connectivity index (χ1) is 20.2. The molecule has 1 N–H and O–H groups in total. The molecule has 0 saturated carbocycles. The van der Waals surface area contributed by atoms with Crippen molar-refractivity contribution in [2.24, 2.45) is 0 Å². The van der Waals surface area contributed by atoms with E-state index in [1.165, 1.54) is 18.2 Å². The Labute approximate surface area is 254 Å². The number of benzene rings is 4. The summed E-state index contributed by atoms with van der Waals surface area (Å²) in [6, 6.07) is 25.3. The molecule has 5 rings (SSSR count). The van der Waals surface area contributed by atoms with Crippen LogP contribution in [0.25, 0.3) is 0 Å². The van der Waals surface area contributed by atoms with Crippen LogP contribution in [0.4, 0.5) is 11.4 Å². The molecule has 216 valence electrons. The zero-order chi connectivity index (χ0) is 29.9. The summed E-state index contributed by atoms with van der Waals surface area (Å²) >= 11 is 12.3. The second-order valence-corrected chi connectivity index (χ2v) is 12.4. The van der Waals surface area contributed by atoms with Gasteiger partial charge in [-0.1, -0.05) is 59.6 Å². The molecule has 0 spiro atoms.